The van der Waals surface area contributed by atoms with E-state index in [4.69, 9.17) is 4.74 Å². The van der Waals surface area contributed by atoms with Crippen molar-refractivity contribution in [1.29, 1.82) is 0 Å². The van der Waals surface area contributed by atoms with Gasteiger partial charge in [0.2, 0.25) is 5.72 Å². The molecule has 0 aliphatic carbocycles. The Morgan fingerprint density at radius 3 is 3.12 bits per heavy atom. The van der Waals surface area contributed by atoms with Crippen LogP contribution >= 0.6 is 0 Å². The summed E-state index contributed by atoms with van der Waals surface area (Å²) in [6.45, 7) is 1.84. The van der Waals surface area contributed by atoms with Gasteiger partial charge in [0.25, 0.3) is 0 Å². The Labute approximate surface area is 92.0 Å². The lowest BCUT2D eigenvalue weighted by Gasteiger charge is -2.20. The molecular weight excluding hydrogens is 213 g/mol. The van der Waals surface area contributed by atoms with Gasteiger partial charge in [0.1, 0.15) is 5.82 Å². The third-order valence-electron chi connectivity index (χ3n) is 2.47. The van der Waals surface area contributed by atoms with Crippen LogP contribution in [-0.4, -0.2) is 23.4 Å². The van der Waals surface area contributed by atoms with Crippen LogP contribution in [0.25, 0.3) is 0 Å². The second-order valence-corrected chi connectivity index (χ2v) is 3.68. The number of carbonyl (C=O) groups excluding carboxylic acids is 1. The van der Waals surface area contributed by atoms with Crippen LogP contribution < -0.4 is 5.32 Å². The van der Waals surface area contributed by atoms with Crippen molar-refractivity contribution in [3.8, 4) is 0 Å². The predicted octanol–water partition coefficient (Wildman–Crippen LogP) is 1.05. The molecule has 1 aliphatic rings. The van der Waals surface area contributed by atoms with Crippen LogP contribution in [0.5, 0.6) is 0 Å². The number of fused-ring (bicyclic) bond motifs is 1. The standard InChI is InChI=1S/C11H12FNO3/c1-2-16-10(14)11(15)6-7-3-4-8(12)5-9(7)13-11/h3-5,13,15H,2,6H2,1H3. The molecule has 0 saturated carbocycles. The molecule has 0 bridgehead atoms. The Hall–Kier alpha value is -1.62. The van der Waals surface area contributed by atoms with Crippen LogP contribution in [0.15, 0.2) is 18.2 Å². The molecule has 2 rings (SSSR count). The molecule has 16 heavy (non-hydrogen) atoms. The summed E-state index contributed by atoms with van der Waals surface area (Å²) >= 11 is 0. The fourth-order valence-electron chi connectivity index (χ4n) is 1.74. The zero-order valence-electron chi connectivity index (χ0n) is 8.79. The summed E-state index contributed by atoms with van der Waals surface area (Å²) in [4.78, 5) is 11.5. The zero-order chi connectivity index (χ0) is 11.8. The van der Waals surface area contributed by atoms with E-state index in [0.29, 0.717) is 11.3 Å². The predicted molar refractivity (Wildman–Crippen MR) is 55.3 cm³/mol. The average Bonchev–Trinajstić information content (AvgIpc) is 2.55. The van der Waals surface area contributed by atoms with Crippen molar-refractivity contribution in [2.24, 2.45) is 0 Å². The smallest absolute Gasteiger partial charge is 0.359 e. The van der Waals surface area contributed by atoms with Crippen LogP contribution in [0.2, 0.25) is 0 Å². The molecule has 1 atom stereocenters. The van der Waals surface area contributed by atoms with Crippen molar-refractivity contribution in [1.82, 2.24) is 0 Å². The molecular formula is C11H12FNO3. The fraction of sp³-hybridized carbons (Fsp3) is 0.364. The van der Waals surface area contributed by atoms with Crippen LogP contribution in [0.1, 0.15) is 12.5 Å². The van der Waals surface area contributed by atoms with Gasteiger partial charge in [-0.25, -0.2) is 9.18 Å². The van der Waals surface area contributed by atoms with Gasteiger partial charge in [0, 0.05) is 12.1 Å². The van der Waals surface area contributed by atoms with Gasteiger partial charge in [-0.2, -0.15) is 0 Å². The van der Waals surface area contributed by atoms with Gasteiger partial charge in [0.15, 0.2) is 0 Å². The van der Waals surface area contributed by atoms with E-state index in [-0.39, 0.29) is 13.0 Å². The van der Waals surface area contributed by atoms with E-state index in [9.17, 15) is 14.3 Å². The van der Waals surface area contributed by atoms with E-state index in [0.717, 1.165) is 0 Å². The SMILES string of the molecule is CCOC(=O)C1(O)Cc2ccc(F)cc2N1. The Balaban J connectivity index is 2.24. The Morgan fingerprint density at radius 2 is 2.44 bits per heavy atom. The number of esters is 1. The van der Waals surface area contributed by atoms with E-state index in [1.165, 1.54) is 18.2 Å². The highest BCUT2D eigenvalue weighted by atomic mass is 19.1. The molecule has 1 aromatic carbocycles. The summed E-state index contributed by atoms with van der Waals surface area (Å²) in [7, 11) is 0. The number of anilines is 1. The van der Waals surface area contributed by atoms with Crippen molar-refractivity contribution < 1.29 is 19.0 Å². The van der Waals surface area contributed by atoms with Crippen LogP contribution in [0.4, 0.5) is 10.1 Å². The molecule has 2 N–H and O–H groups in total. The number of aliphatic hydroxyl groups is 1. The lowest BCUT2D eigenvalue weighted by molar-refractivity contribution is -0.161. The zero-order valence-corrected chi connectivity index (χ0v) is 8.79. The number of hydrogen-bond donors (Lipinski definition) is 2. The van der Waals surface area contributed by atoms with Crippen LogP contribution in [-0.2, 0) is 16.0 Å². The maximum Gasteiger partial charge on any atom is 0.359 e. The quantitative estimate of drug-likeness (QED) is 0.738. The lowest BCUT2D eigenvalue weighted by atomic mass is 10.1. The van der Waals surface area contributed by atoms with Gasteiger partial charge in [-0.1, -0.05) is 6.07 Å². The number of benzene rings is 1. The maximum atomic E-state index is 12.9. The minimum absolute atomic E-state index is 0.0848. The second-order valence-electron chi connectivity index (χ2n) is 3.68. The minimum atomic E-state index is -1.77. The summed E-state index contributed by atoms with van der Waals surface area (Å²) in [6, 6.07) is 4.07. The van der Waals surface area contributed by atoms with E-state index in [2.05, 4.69) is 5.32 Å². The van der Waals surface area contributed by atoms with Gasteiger partial charge in [-0.05, 0) is 24.6 Å². The molecule has 5 heteroatoms. The Kier molecular flexibility index (Phi) is 2.55. The Morgan fingerprint density at radius 1 is 1.69 bits per heavy atom. The van der Waals surface area contributed by atoms with Gasteiger partial charge >= 0.3 is 5.97 Å². The van der Waals surface area contributed by atoms with E-state index in [1.807, 2.05) is 0 Å². The summed E-state index contributed by atoms with van der Waals surface area (Å²) in [5.41, 5.74) is -0.654. The summed E-state index contributed by atoms with van der Waals surface area (Å²) < 4.78 is 17.7. The summed E-state index contributed by atoms with van der Waals surface area (Å²) in [5, 5.41) is 12.6. The molecule has 0 fully saturated rings. The maximum absolute atomic E-state index is 12.9. The largest absolute Gasteiger partial charge is 0.462 e. The highest BCUT2D eigenvalue weighted by molar-refractivity contribution is 5.85. The normalized spacial score (nSPS) is 22.4. The molecule has 86 valence electrons. The summed E-state index contributed by atoms with van der Waals surface area (Å²) in [5.74, 6) is -1.16. The molecule has 1 aliphatic heterocycles. The molecule has 0 radical (unpaired) electrons. The molecule has 0 saturated heterocycles. The van der Waals surface area contributed by atoms with Crippen molar-refractivity contribution in [3.05, 3.63) is 29.6 Å². The summed E-state index contributed by atoms with van der Waals surface area (Å²) in [6.07, 6.45) is 0.0848. The first kappa shape index (κ1) is 10.9. The topological polar surface area (TPSA) is 58.6 Å². The fourth-order valence-corrected chi connectivity index (χ4v) is 1.74. The monoisotopic (exact) mass is 225 g/mol. The van der Waals surface area contributed by atoms with Gasteiger partial charge in [0.05, 0.1) is 6.61 Å². The third kappa shape index (κ3) is 1.74. The van der Waals surface area contributed by atoms with Crippen molar-refractivity contribution in [3.63, 3.8) is 0 Å². The number of nitrogens with one attached hydrogen (secondary N) is 1. The molecule has 4 nitrogen and oxygen atoms in total. The molecule has 0 amide bonds. The van der Waals surface area contributed by atoms with E-state index < -0.39 is 17.5 Å². The number of ether oxygens (including phenoxy) is 1. The van der Waals surface area contributed by atoms with Crippen LogP contribution in [0, 0.1) is 5.82 Å². The van der Waals surface area contributed by atoms with Gasteiger partial charge in [-0.3, -0.25) is 0 Å². The highest BCUT2D eigenvalue weighted by Gasteiger charge is 2.43. The number of rotatable bonds is 2. The van der Waals surface area contributed by atoms with Crippen molar-refractivity contribution in [2.45, 2.75) is 19.1 Å². The van der Waals surface area contributed by atoms with Crippen molar-refractivity contribution in [2.75, 3.05) is 11.9 Å². The first-order chi connectivity index (χ1) is 7.55. The van der Waals surface area contributed by atoms with Gasteiger partial charge in [-0.15, -0.1) is 0 Å². The first-order valence-corrected chi connectivity index (χ1v) is 5.01. The van der Waals surface area contributed by atoms with E-state index >= 15 is 0 Å². The van der Waals surface area contributed by atoms with Crippen LogP contribution in [0.3, 0.4) is 0 Å². The minimum Gasteiger partial charge on any atom is -0.462 e. The van der Waals surface area contributed by atoms with Gasteiger partial charge < -0.3 is 15.2 Å². The number of halogens is 1. The molecule has 1 heterocycles. The number of carbonyl (C=O) groups is 1. The van der Waals surface area contributed by atoms with E-state index in [1.54, 1.807) is 6.92 Å². The molecule has 0 spiro atoms. The molecule has 0 aromatic heterocycles. The second kappa shape index (κ2) is 3.75. The molecule has 1 unspecified atom stereocenters. The first-order valence-electron chi connectivity index (χ1n) is 5.01. The number of hydrogen-bond acceptors (Lipinski definition) is 4. The lowest BCUT2D eigenvalue weighted by Crippen LogP contribution is -2.46. The van der Waals surface area contributed by atoms with Crippen molar-refractivity contribution >= 4 is 11.7 Å². The molecule has 1 aromatic rings. The Bertz CT molecular complexity index is 435. The third-order valence-corrected chi connectivity index (χ3v) is 2.47. The highest BCUT2D eigenvalue weighted by Crippen LogP contribution is 2.32. The average molecular weight is 225 g/mol.